The highest BCUT2D eigenvalue weighted by molar-refractivity contribution is 5.96. The summed E-state index contributed by atoms with van der Waals surface area (Å²) in [7, 11) is 0. The minimum absolute atomic E-state index is 0.0245. The Labute approximate surface area is 139 Å². The lowest BCUT2D eigenvalue weighted by atomic mass is 9.99. The van der Waals surface area contributed by atoms with Crippen LogP contribution < -0.4 is 5.32 Å². The van der Waals surface area contributed by atoms with E-state index in [2.05, 4.69) is 15.4 Å². The highest BCUT2D eigenvalue weighted by Crippen LogP contribution is 2.36. The van der Waals surface area contributed by atoms with Gasteiger partial charge in [-0.05, 0) is 26.0 Å². The molecule has 0 aromatic carbocycles. The Morgan fingerprint density at radius 2 is 2.12 bits per heavy atom. The number of ether oxygens (including phenoxy) is 1. The summed E-state index contributed by atoms with van der Waals surface area (Å²) < 4.78 is 12.7. The topological polar surface area (TPSA) is 85.4 Å². The van der Waals surface area contributed by atoms with Gasteiger partial charge in [-0.1, -0.05) is 0 Å². The van der Waals surface area contributed by atoms with Gasteiger partial charge in [-0.25, -0.2) is 4.68 Å². The zero-order valence-corrected chi connectivity index (χ0v) is 13.7. The Morgan fingerprint density at radius 1 is 1.33 bits per heavy atom. The molecule has 0 aliphatic carbocycles. The number of amides is 1. The van der Waals surface area contributed by atoms with Crippen molar-refractivity contribution in [2.24, 2.45) is 0 Å². The van der Waals surface area contributed by atoms with Crippen molar-refractivity contribution in [3.8, 4) is 0 Å². The molecular formula is C16H19N5O3. The number of morpholine rings is 1. The summed E-state index contributed by atoms with van der Waals surface area (Å²) in [5.41, 5.74) is 1.40. The van der Waals surface area contributed by atoms with E-state index >= 15 is 0 Å². The first-order valence-corrected chi connectivity index (χ1v) is 7.96. The van der Waals surface area contributed by atoms with Crippen molar-refractivity contribution in [3.05, 3.63) is 41.3 Å². The van der Waals surface area contributed by atoms with Crippen LogP contribution in [0, 0.1) is 6.92 Å². The molecule has 4 heterocycles. The van der Waals surface area contributed by atoms with Crippen LogP contribution in [0.15, 0.2) is 34.1 Å². The average Bonchev–Trinajstić information content (AvgIpc) is 3.22. The van der Waals surface area contributed by atoms with Gasteiger partial charge in [0.2, 0.25) is 5.95 Å². The number of nitrogens with one attached hydrogen (secondary N) is 1. The number of fused-ring (bicyclic) bond motifs is 1. The number of allylic oxidation sites excluding steroid dienone is 1. The van der Waals surface area contributed by atoms with E-state index in [1.807, 2.05) is 30.9 Å². The standard InChI is InChI=1S/C16H19N5O3/c1-10-13(15(22)20-5-8-23-9-6-20)14(12-4-3-7-24-12)21-16(17-10)18-11(2)19-21/h3-4,7,14H,5-6,8-9H2,1-2H3,(H,17,18,19)/t14-/m0/s1. The number of furan rings is 1. The fourth-order valence-electron chi connectivity index (χ4n) is 3.18. The third-order valence-corrected chi connectivity index (χ3v) is 4.30. The Hall–Kier alpha value is -2.61. The van der Waals surface area contributed by atoms with E-state index in [1.54, 1.807) is 10.9 Å². The molecular weight excluding hydrogens is 310 g/mol. The molecule has 126 valence electrons. The number of rotatable bonds is 2. The second kappa shape index (κ2) is 5.79. The molecule has 2 aliphatic rings. The van der Waals surface area contributed by atoms with Crippen LogP contribution in [0.2, 0.25) is 0 Å². The van der Waals surface area contributed by atoms with E-state index in [-0.39, 0.29) is 5.91 Å². The Bertz CT molecular complexity index is 787. The minimum Gasteiger partial charge on any atom is -0.467 e. The quantitative estimate of drug-likeness (QED) is 0.894. The van der Waals surface area contributed by atoms with Crippen molar-refractivity contribution < 1.29 is 13.9 Å². The van der Waals surface area contributed by atoms with Crippen LogP contribution in [0.3, 0.4) is 0 Å². The summed E-state index contributed by atoms with van der Waals surface area (Å²) in [5, 5.41) is 7.65. The summed E-state index contributed by atoms with van der Waals surface area (Å²) >= 11 is 0. The van der Waals surface area contributed by atoms with E-state index in [0.717, 1.165) is 5.70 Å². The molecule has 4 rings (SSSR count). The predicted octanol–water partition coefficient (Wildman–Crippen LogP) is 1.33. The SMILES string of the molecule is CC1=C(C(=O)N2CCOCC2)[C@H](c2ccco2)n2nc(C)nc2N1. The van der Waals surface area contributed by atoms with Gasteiger partial charge in [0.15, 0.2) is 0 Å². The van der Waals surface area contributed by atoms with Crippen molar-refractivity contribution in [2.45, 2.75) is 19.9 Å². The van der Waals surface area contributed by atoms with Crippen LogP contribution >= 0.6 is 0 Å². The Kier molecular flexibility index (Phi) is 3.61. The Balaban J connectivity index is 1.79. The second-order valence-electron chi connectivity index (χ2n) is 5.91. The van der Waals surface area contributed by atoms with Gasteiger partial charge in [0.25, 0.3) is 5.91 Å². The molecule has 2 aliphatic heterocycles. The molecule has 1 atom stereocenters. The highest BCUT2D eigenvalue weighted by atomic mass is 16.5. The zero-order valence-electron chi connectivity index (χ0n) is 13.7. The number of carbonyl (C=O) groups excluding carboxylic acids is 1. The van der Waals surface area contributed by atoms with Gasteiger partial charge in [-0.3, -0.25) is 4.79 Å². The van der Waals surface area contributed by atoms with Gasteiger partial charge < -0.3 is 19.4 Å². The van der Waals surface area contributed by atoms with Crippen molar-refractivity contribution in [1.29, 1.82) is 0 Å². The second-order valence-corrected chi connectivity index (χ2v) is 5.91. The number of anilines is 1. The fraction of sp³-hybridized carbons (Fsp3) is 0.438. The first-order valence-electron chi connectivity index (χ1n) is 7.96. The molecule has 8 heteroatoms. The molecule has 24 heavy (non-hydrogen) atoms. The molecule has 0 bridgehead atoms. The van der Waals surface area contributed by atoms with Crippen molar-refractivity contribution in [3.63, 3.8) is 0 Å². The van der Waals surface area contributed by atoms with Gasteiger partial charge >= 0.3 is 0 Å². The van der Waals surface area contributed by atoms with Crippen molar-refractivity contribution >= 4 is 11.9 Å². The summed E-state index contributed by atoms with van der Waals surface area (Å²) in [6, 6.07) is 3.25. The van der Waals surface area contributed by atoms with Crippen LogP contribution in [-0.2, 0) is 9.53 Å². The summed E-state index contributed by atoms with van der Waals surface area (Å²) in [5.74, 6) is 1.90. The van der Waals surface area contributed by atoms with Crippen LogP contribution in [0.25, 0.3) is 0 Å². The number of aryl methyl sites for hydroxylation is 1. The maximum absolute atomic E-state index is 13.2. The van der Waals surface area contributed by atoms with Crippen LogP contribution in [0.5, 0.6) is 0 Å². The van der Waals surface area contributed by atoms with E-state index in [1.165, 1.54) is 0 Å². The maximum Gasteiger partial charge on any atom is 0.254 e. The summed E-state index contributed by atoms with van der Waals surface area (Å²) in [6.07, 6.45) is 1.60. The molecule has 0 radical (unpaired) electrons. The molecule has 2 aromatic rings. The van der Waals surface area contributed by atoms with Gasteiger partial charge in [-0.15, -0.1) is 0 Å². The fourth-order valence-corrected chi connectivity index (χ4v) is 3.18. The number of nitrogens with zero attached hydrogens (tertiary/aromatic N) is 4. The van der Waals surface area contributed by atoms with Gasteiger partial charge in [0, 0.05) is 18.8 Å². The summed E-state index contributed by atoms with van der Waals surface area (Å²) in [4.78, 5) is 19.4. The zero-order chi connectivity index (χ0) is 16.7. The molecule has 0 unspecified atom stereocenters. The molecule has 1 fully saturated rings. The van der Waals surface area contributed by atoms with Gasteiger partial charge in [-0.2, -0.15) is 10.1 Å². The Morgan fingerprint density at radius 3 is 2.83 bits per heavy atom. The van der Waals surface area contributed by atoms with E-state index in [4.69, 9.17) is 9.15 Å². The van der Waals surface area contributed by atoms with E-state index < -0.39 is 6.04 Å². The van der Waals surface area contributed by atoms with Gasteiger partial charge in [0.05, 0.1) is 25.1 Å². The highest BCUT2D eigenvalue weighted by Gasteiger charge is 2.37. The lowest BCUT2D eigenvalue weighted by Gasteiger charge is -2.32. The smallest absolute Gasteiger partial charge is 0.254 e. The van der Waals surface area contributed by atoms with Crippen LogP contribution in [0.4, 0.5) is 5.95 Å². The number of carbonyl (C=O) groups is 1. The molecule has 0 saturated carbocycles. The molecule has 1 saturated heterocycles. The van der Waals surface area contributed by atoms with Crippen molar-refractivity contribution in [2.75, 3.05) is 31.6 Å². The van der Waals surface area contributed by atoms with Crippen molar-refractivity contribution in [1.82, 2.24) is 19.7 Å². The molecule has 1 N–H and O–H groups in total. The first kappa shape index (κ1) is 14.9. The largest absolute Gasteiger partial charge is 0.467 e. The minimum atomic E-state index is -0.423. The number of aromatic nitrogens is 3. The third kappa shape index (κ3) is 2.39. The van der Waals surface area contributed by atoms with Gasteiger partial charge in [0.1, 0.15) is 17.6 Å². The average molecular weight is 329 g/mol. The molecule has 1 amide bonds. The summed E-state index contributed by atoms with van der Waals surface area (Å²) in [6.45, 7) is 6.00. The van der Waals surface area contributed by atoms with E-state index in [9.17, 15) is 4.79 Å². The maximum atomic E-state index is 13.2. The van der Waals surface area contributed by atoms with E-state index in [0.29, 0.717) is 49.4 Å². The number of hydrogen-bond acceptors (Lipinski definition) is 6. The monoisotopic (exact) mass is 329 g/mol. The normalized spacial score (nSPS) is 20.8. The number of hydrogen-bond donors (Lipinski definition) is 1. The first-order chi connectivity index (χ1) is 11.6. The molecule has 0 spiro atoms. The predicted molar refractivity (Wildman–Crippen MR) is 85.3 cm³/mol. The lowest BCUT2D eigenvalue weighted by molar-refractivity contribution is -0.131. The lowest BCUT2D eigenvalue weighted by Crippen LogP contribution is -2.44. The molecule has 8 nitrogen and oxygen atoms in total. The third-order valence-electron chi connectivity index (χ3n) is 4.30. The molecule has 2 aromatic heterocycles. The van der Waals surface area contributed by atoms with Crippen LogP contribution in [-0.4, -0.2) is 51.9 Å². The van der Waals surface area contributed by atoms with Crippen LogP contribution in [0.1, 0.15) is 24.6 Å².